The molecular formula is C15H14Cl2O3. The second-order valence-corrected chi connectivity index (χ2v) is 4.98. The van der Waals surface area contributed by atoms with Crippen LogP contribution >= 0.6 is 23.2 Å². The minimum Gasteiger partial charge on any atom is -0.495 e. The summed E-state index contributed by atoms with van der Waals surface area (Å²) in [6, 6.07) is 10.4. The smallest absolute Gasteiger partial charge is 0.147 e. The molecular weight excluding hydrogens is 299 g/mol. The molecule has 0 aromatic heterocycles. The van der Waals surface area contributed by atoms with Crippen molar-refractivity contribution < 1.29 is 14.6 Å². The molecule has 0 bridgehead atoms. The predicted molar refractivity (Wildman–Crippen MR) is 80.1 cm³/mol. The number of methoxy groups -OCH3 is 2. The molecule has 2 aromatic rings. The minimum absolute atomic E-state index is 0.327. The predicted octanol–water partition coefficient (Wildman–Crippen LogP) is 4.09. The average Bonchev–Trinajstić information content (AvgIpc) is 2.46. The van der Waals surface area contributed by atoms with Crippen LogP contribution in [-0.4, -0.2) is 19.3 Å². The normalized spacial score (nSPS) is 12.1. The number of hydrogen-bond donors (Lipinski definition) is 1. The third-order valence-corrected chi connectivity index (χ3v) is 3.57. The van der Waals surface area contributed by atoms with Gasteiger partial charge in [-0.1, -0.05) is 35.3 Å². The van der Waals surface area contributed by atoms with Gasteiger partial charge in [-0.05, 0) is 29.8 Å². The van der Waals surface area contributed by atoms with E-state index in [1.54, 1.807) is 36.4 Å². The van der Waals surface area contributed by atoms with E-state index in [2.05, 4.69) is 0 Å². The van der Waals surface area contributed by atoms with E-state index in [0.29, 0.717) is 32.7 Å². The third-order valence-electron chi connectivity index (χ3n) is 2.98. The van der Waals surface area contributed by atoms with Crippen LogP contribution in [0.1, 0.15) is 17.2 Å². The number of rotatable bonds is 4. The van der Waals surface area contributed by atoms with Gasteiger partial charge in [-0.3, -0.25) is 0 Å². The van der Waals surface area contributed by atoms with Gasteiger partial charge in [0.25, 0.3) is 0 Å². The molecule has 5 heteroatoms. The molecule has 0 radical (unpaired) electrons. The van der Waals surface area contributed by atoms with Crippen LogP contribution in [0.5, 0.6) is 11.5 Å². The lowest BCUT2D eigenvalue weighted by Gasteiger charge is -2.18. The first-order valence-corrected chi connectivity index (χ1v) is 6.68. The summed E-state index contributed by atoms with van der Waals surface area (Å²) in [6.07, 6.45) is -0.882. The molecule has 2 rings (SSSR count). The maximum Gasteiger partial charge on any atom is 0.147 e. The maximum absolute atomic E-state index is 10.5. The highest BCUT2D eigenvalue weighted by atomic mass is 35.5. The van der Waals surface area contributed by atoms with Gasteiger partial charge in [-0.25, -0.2) is 0 Å². The van der Waals surface area contributed by atoms with Crippen molar-refractivity contribution in [1.82, 2.24) is 0 Å². The lowest BCUT2D eigenvalue weighted by atomic mass is 10.0. The molecule has 1 unspecified atom stereocenters. The van der Waals surface area contributed by atoms with Crippen molar-refractivity contribution in [3.8, 4) is 11.5 Å². The van der Waals surface area contributed by atoms with Crippen LogP contribution in [0.25, 0.3) is 0 Å². The molecule has 2 aromatic carbocycles. The number of benzene rings is 2. The molecule has 0 fully saturated rings. The lowest BCUT2D eigenvalue weighted by Crippen LogP contribution is -2.03. The van der Waals surface area contributed by atoms with Crippen molar-refractivity contribution >= 4 is 23.2 Å². The highest BCUT2D eigenvalue weighted by molar-refractivity contribution is 6.33. The summed E-state index contributed by atoms with van der Waals surface area (Å²) in [5.41, 5.74) is 1.22. The fraction of sp³-hybridized carbons (Fsp3) is 0.200. The van der Waals surface area contributed by atoms with E-state index >= 15 is 0 Å². The van der Waals surface area contributed by atoms with E-state index in [4.69, 9.17) is 32.7 Å². The zero-order chi connectivity index (χ0) is 14.7. The molecule has 0 aliphatic carbocycles. The third kappa shape index (κ3) is 2.85. The van der Waals surface area contributed by atoms with Crippen molar-refractivity contribution in [2.75, 3.05) is 14.2 Å². The fourth-order valence-corrected chi connectivity index (χ4v) is 2.51. The van der Waals surface area contributed by atoms with Gasteiger partial charge < -0.3 is 14.6 Å². The molecule has 20 heavy (non-hydrogen) atoms. The summed E-state index contributed by atoms with van der Waals surface area (Å²) in [5.74, 6) is 0.879. The molecule has 0 aliphatic rings. The first kappa shape index (κ1) is 15.0. The van der Waals surface area contributed by atoms with Gasteiger partial charge in [0, 0.05) is 10.6 Å². The van der Waals surface area contributed by atoms with Crippen LogP contribution < -0.4 is 9.47 Å². The molecule has 0 spiro atoms. The monoisotopic (exact) mass is 312 g/mol. The van der Waals surface area contributed by atoms with E-state index in [9.17, 15) is 5.11 Å². The van der Waals surface area contributed by atoms with Gasteiger partial charge in [0.1, 0.15) is 22.6 Å². The summed E-state index contributed by atoms with van der Waals surface area (Å²) in [7, 11) is 3.02. The van der Waals surface area contributed by atoms with Gasteiger partial charge in [0.05, 0.1) is 14.2 Å². The van der Waals surface area contributed by atoms with Crippen LogP contribution in [0.3, 0.4) is 0 Å². The number of aliphatic hydroxyl groups is 1. The van der Waals surface area contributed by atoms with Gasteiger partial charge in [-0.15, -0.1) is 0 Å². The highest BCUT2D eigenvalue weighted by Gasteiger charge is 2.20. The van der Waals surface area contributed by atoms with Crippen LogP contribution in [0.15, 0.2) is 36.4 Å². The van der Waals surface area contributed by atoms with Crippen molar-refractivity contribution in [1.29, 1.82) is 0 Å². The fourth-order valence-electron chi connectivity index (χ4n) is 1.99. The average molecular weight is 313 g/mol. The first-order chi connectivity index (χ1) is 9.58. The van der Waals surface area contributed by atoms with Crippen molar-refractivity contribution in [3.63, 3.8) is 0 Å². The molecule has 3 nitrogen and oxygen atoms in total. The Morgan fingerprint density at radius 3 is 2.40 bits per heavy atom. The molecule has 0 saturated heterocycles. The van der Waals surface area contributed by atoms with Crippen molar-refractivity contribution in [3.05, 3.63) is 57.6 Å². The number of aliphatic hydroxyl groups excluding tert-OH is 1. The van der Waals surface area contributed by atoms with E-state index in [1.807, 2.05) is 0 Å². The number of hydrogen-bond acceptors (Lipinski definition) is 3. The van der Waals surface area contributed by atoms with Crippen molar-refractivity contribution in [2.45, 2.75) is 6.10 Å². The minimum atomic E-state index is -0.882. The second kappa shape index (κ2) is 6.35. The highest BCUT2D eigenvalue weighted by Crippen LogP contribution is 2.41. The van der Waals surface area contributed by atoms with Crippen LogP contribution in [0.2, 0.25) is 10.0 Å². The Morgan fingerprint density at radius 1 is 1.05 bits per heavy atom. The van der Waals surface area contributed by atoms with Gasteiger partial charge in [0.15, 0.2) is 0 Å². The topological polar surface area (TPSA) is 38.7 Å². The van der Waals surface area contributed by atoms with E-state index < -0.39 is 6.10 Å². The van der Waals surface area contributed by atoms with Crippen LogP contribution in [0, 0.1) is 0 Å². The summed E-state index contributed by atoms with van der Waals surface area (Å²) in [4.78, 5) is 0. The number of halogens is 2. The Kier molecular flexibility index (Phi) is 4.76. The van der Waals surface area contributed by atoms with E-state index in [1.165, 1.54) is 14.2 Å². The quantitative estimate of drug-likeness (QED) is 0.924. The van der Waals surface area contributed by atoms with Gasteiger partial charge in [-0.2, -0.15) is 0 Å². The maximum atomic E-state index is 10.5. The standard InChI is InChI=1S/C15H14Cl2O3/c1-19-12-7-6-11(15(20-2)13(12)17)14(18)9-4-3-5-10(16)8-9/h3-8,14,18H,1-2H3. The zero-order valence-electron chi connectivity index (χ0n) is 11.1. The van der Waals surface area contributed by atoms with Gasteiger partial charge >= 0.3 is 0 Å². The number of ether oxygens (including phenoxy) is 2. The molecule has 0 amide bonds. The summed E-state index contributed by atoms with van der Waals surface area (Å²) < 4.78 is 10.4. The Bertz CT molecular complexity index is 614. The Labute approximate surface area is 127 Å². The van der Waals surface area contributed by atoms with E-state index in [0.717, 1.165) is 0 Å². The SMILES string of the molecule is COc1ccc(C(O)c2cccc(Cl)c2)c(OC)c1Cl. The summed E-state index contributed by atoms with van der Waals surface area (Å²) >= 11 is 12.1. The lowest BCUT2D eigenvalue weighted by molar-refractivity contribution is 0.214. The Hall–Kier alpha value is -1.42. The summed E-state index contributed by atoms with van der Waals surface area (Å²) in [6.45, 7) is 0. The second-order valence-electron chi connectivity index (χ2n) is 4.16. The van der Waals surface area contributed by atoms with E-state index in [-0.39, 0.29) is 0 Å². The Morgan fingerprint density at radius 2 is 1.80 bits per heavy atom. The molecule has 0 aliphatic heterocycles. The molecule has 1 atom stereocenters. The largest absolute Gasteiger partial charge is 0.495 e. The van der Waals surface area contributed by atoms with Crippen LogP contribution in [-0.2, 0) is 0 Å². The first-order valence-electron chi connectivity index (χ1n) is 5.92. The zero-order valence-corrected chi connectivity index (χ0v) is 12.6. The Balaban J connectivity index is 2.49. The summed E-state index contributed by atoms with van der Waals surface area (Å²) in [5, 5.41) is 11.4. The molecule has 0 saturated carbocycles. The van der Waals surface area contributed by atoms with Crippen LogP contribution in [0.4, 0.5) is 0 Å². The molecule has 1 N–H and O–H groups in total. The van der Waals surface area contributed by atoms with Gasteiger partial charge in [0.2, 0.25) is 0 Å². The molecule has 106 valence electrons. The van der Waals surface area contributed by atoms with Crippen molar-refractivity contribution in [2.24, 2.45) is 0 Å². The molecule has 0 heterocycles.